The maximum Gasteiger partial charge on any atom is 0.463 e. The molecule has 0 aromatic carbocycles. The summed E-state index contributed by atoms with van der Waals surface area (Å²) in [7, 11) is 0. The maximum atomic E-state index is 12.6. The van der Waals surface area contributed by atoms with Crippen LogP contribution in [0.15, 0.2) is 22.8 Å². The van der Waals surface area contributed by atoms with Gasteiger partial charge in [-0.2, -0.15) is 22.0 Å². The van der Waals surface area contributed by atoms with E-state index in [1.165, 1.54) is 30.6 Å². The summed E-state index contributed by atoms with van der Waals surface area (Å²) in [5.74, 6) is -7.75. The molecule has 17 heavy (non-hydrogen) atoms. The first-order valence-electron chi connectivity index (χ1n) is 4.45. The monoisotopic (exact) mass is 257 g/mol. The maximum absolute atomic E-state index is 12.6. The van der Waals surface area contributed by atoms with Crippen LogP contribution in [0.1, 0.15) is 18.7 Å². The topological polar surface area (TPSA) is 42.2 Å². The SMILES string of the molecule is C[C@@H](NC(=O)C(F)(F)C(F)(F)F)c1ccco1. The van der Waals surface area contributed by atoms with Crippen LogP contribution in [0.2, 0.25) is 0 Å². The molecule has 0 aliphatic rings. The van der Waals surface area contributed by atoms with Gasteiger partial charge in [0.1, 0.15) is 5.76 Å². The van der Waals surface area contributed by atoms with Crippen LogP contribution in [0.4, 0.5) is 22.0 Å². The van der Waals surface area contributed by atoms with Crippen LogP contribution in [-0.4, -0.2) is 18.0 Å². The van der Waals surface area contributed by atoms with Crippen molar-refractivity contribution >= 4 is 5.91 Å². The minimum atomic E-state index is -5.92. The molecule has 96 valence electrons. The Hall–Kier alpha value is -1.60. The number of hydrogen-bond donors (Lipinski definition) is 1. The van der Waals surface area contributed by atoms with E-state index in [2.05, 4.69) is 0 Å². The fourth-order valence-electron chi connectivity index (χ4n) is 1.02. The molecule has 3 nitrogen and oxygen atoms in total. The molecule has 1 amide bonds. The number of hydrogen-bond acceptors (Lipinski definition) is 2. The summed E-state index contributed by atoms with van der Waals surface area (Å²) in [6, 6.07) is 1.68. The van der Waals surface area contributed by atoms with Gasteiger partial charge in [0.15, 0.2) is 0 Å². The van der Waals surface area contributed by atoms with Crippen molar-refractivity contribution in [3.8, 4) is 0 Å². The molecule has 1 atom stereocenters. The molecular formula is C9H8F5NO2. The zero-order valence-corrected chi connectivity index (χ0v) is 8.52. The van der Waals surface area contributed by atoms with Gasteiger partial charge in [-0.15, -0.1) is 0 Å². The number of alkyl halides is 5. The molecule has 8 heteroatoms. The highest BCUT2D eigenvalue weighted by atomic mass is 19.4. The Bertz CT molecular complexity index is 385. The standard InChI is InChI=1S/C9H8F5NO2/c1-5(6-3-2-4-17-6)15-7(16)8(10,11)9(12,13)14/h2-5H,1H3,(H,15,16)/t5-/m1/s1. The van der Waals surface area contributed by atoms with Gasteiger partial charge in [-0.05, 0) is 19.1 Å². The van der Waals surface area contributed by atoms with Gasteiger partial charge in [0.05, 0.1) is 12.3 Å². The summed E-state index contributed by atoms with van der Waals surface area (Å²) in [5, 5.41) is 1.53. The lowest BCUT2D eigenvalue weighted by Gasteiger charge is -2.20. The molecule has 1 aromatic heterocycles. The van der Waals surface area contributed by atoms with Crippen LogP contribution in [0, 0.1) is 0 Å². The molecule has 1 heterocycles. The van der Waals surface area contributed by atoms with Gasteiger partial charge < -0.3 is 9.73 Å². The summed E-state index contributed by atoms with van der Waals surface area (Å²) >= 11 is 0. The smallest absolute Gasteiger partial charge is 0.463 e. The van der Waals surface area contributed by atoms with E-state index in [0.717, 1.165) is 0 Å². The number of carbonyl (C=O) groups excluding carboxylic acids is 1. The molecular weight excluding hydrogens is 249 g/mol. The Morgan fingerprint density at radius 2 is 1.94 bits per heavy atom. The van der Waals surface area contributed by atoms with Gasteiger partial charge in [-0.25, -0.2) is 0 Å². The summed E-state index contributed by atoms with van der Waals surface area (Å²) in [6.45, 7) is 1.23. The van der Waals surface area contributed by atoms with Gasteiger partial charge >= 0.3 is 18.0 Å². The Morgan fingerprint density at radius 1 is 1.35 bits per heavy atom. The van der Waals surface area contributed by atoms with E-state index >= 15 is 0 Å². The predicted molar refractivity (Wildman–Crippen MR) is 46.3 cm³/mol. The van der Waals surface area contributed by atoms with Crippen molar-refractivity contribution in [1.82, 2.24) is 5.32 Å². The second-order valence-electron chi connectivity index (χ2n) is 3.28. The van der Waals surface area contributed by atoms with Crippen LogP contribution in [0.25, 0.3) is 0 Å². The van der Waals surface area contributed by atoms with Crippen LogP contribution in [0.5, 0.6) is 0 Å². The largest absolute Gasteiger partial charge is 0.467 e. The third-order valence-electron chi connectivity index (χ3n) is 1.96. The fraction of sp³-hybridized carbons (Fsp3) is 0.444. The number of halogens is 5. The quantitative estimate of drug-likeness (QED) is 0.846. The molecule has 1 N–H and O–H groups in total. The van der Waals surface area contributed by atoms with Crippen molar-refractivity contribution in [2.24, 2.45) is 0 Å². The lowest BCUT2D eigenvalue weighted by atomic mass is 10.2. The normalized spacial score (nSPS) is 14.5. The predicted octanol–water partition coefficient (Wildman–Crippen LogP) is 2.65. The summed E-state index contributed by atoms with van der Waals surface area (Å²) in [6.07, 6.45) is -4.71. The van der Waals surface area contributed by atoms with E-state index in [4.69, 9.17) is 4.42 Å². The van der Waals surface area contributed by atoms with Gasteiger partial charge in [-0.1, -0.05) is 0 Å². The third kappa shape index (κ3) is 2.75. The molecule has 1 aromatic rings. The van der Waals surface area contributed by atoms with Gasteiger partial charge in [0.25, 0.3) is 0 Å². The fourth-order valence-corrected chi connectivity index (χ4v) is 1.02. The molecule has 0 aliphatic carbocycles. The Morgan fingerprint density at radius 3 is 2.35 bits per heavy atom. The summed E-state index contributed by atoms with van der Waals surface area (Å²) in [4.78, 5) is 10.8. The average Bonchev–Trinajstić information content (AvgIpc) is 2.68. The molecule has 1 rings (SSSR count). The molecule has 0 bridgehead atoms. The number of rotatable bonds is 3. The van der Waals surface area contributed by atoms with E-state index < -0.39 is 24.0 Å². The molecule has 0 saturated heterocycles. The van der Waals surface area contributed by atoms with Crippen LogP contribution in [-0.2, 0) is 4.79 Å². The Balaban J connectivity index is 2.73. The molecule has 0 radical (unpaired) electrons. The Labute approximate surface area is 92.6 Å². The third-order valence-corrected chi connectivity index (χ3v) is 1.96. The number of nitrogens with one attached hydrogen (secondary N) is 1. The molecule has 0 aliphatic heterocycles. The van der Waals surface area contributed by atoms with Gasteiger partial charge in [0.2, 0.25) is 0 Å². The molecule has 0 fully saturated rings. The van der Waals surface area contributed by atoms with Crippen molar-refractivity contribution < 1.29 is 31.2 Å². The summed E-state index contributed by atoms with van der Waals surface area (Å²) in [5.41, 5.74) is 0. The van der Waals surface area contributed by atoms with Crippen molar-refractivity contribution in [3.63, 3.8) is 0 Å². The lowest BCUT2D eigenvalue weighted by molar-refractivity contribution is -0.270. The first-order valence-corrected chi connectivity index (χ1v) is 4.45. The highest BCUT2D eigenvalue weighted by Crippen LogP contribution is 2.35. The first kappa shape index (κ1) is 13.5. The van der Waals surface area contributed by atoms with Crippen molar-refractivity contribution in [3.05, 3.63) is 24.2 Å². The van der Waals surface area contributed by atoms with Crippen molar-refractivity contribution in [1.29, 1.82) is 0 Å². The van der Waals surface area contributed by atoms with Crippen molar-refractivity contribution in [2.45, 2.75) is 25.1 Å². The average molecular weight is 257 g/mol. The van der Waals surface area contributed by atoms with E-state index in [9.17, 15) is 26.7 Å². The second kappa shape index (κ2) is 4.34. The van der Waals surface area contributed by atoms with Crippen molar-refractivity contribution in [2.75, 3.05) is 0 Å². The van der Waals surface area contributed by atoms with E-state index in [1.54, 1.807) is 0 Å². The Kier molecular flexibility index (Phi) is 3.44. The minimum absolute atomic E-state index is 0.0799. The highest BCUT2D eigenvalue weighted by molar-refractivity contribution is 5.84. The lowest BCUT2D eigenvalue weighted by Crippen LogP contribution is -2.50. The highest BCUT2D eigenvalue weighted by Gasteiger charge is 2.63. The molecule has 0 saturated carbocycles. The van der Waals surface area contributed by atoms with Crippen LogP contribution >= 0.6 is 0 Å². The molecule has 0 spiro atoms. The minimum Gasteiger partial charge on any atom is -0.467 e. The number of amides is 1. The van der Waals surface area contributed by atoms with Gasteiger partial charge in [-0.3, -0.25) is 4.79 Å². The van der Waals surface area contributed by atoms with E-state index in [-0.39, 0.29) is 5.76 Å². The number of carbonyl (C=O) groups is 1. The number of furan rings is 1. The second-order valence-corrected chi connectivity index (χ2v) is 3.28. The van der Waals surface area contributed by atoms with Crippen LogP contribution in [0.3, 0.4) is 0 Å². The first-order chi connectivity index (χ1) is 7.66. The zero-order chi connectivity index (χ0) is 13.3. The van der Waals surface area contributed by atoms with E-state index in [1.807, 2.05) is 0 Å². The van der Waals surface area contributed by atoms with E-state index in [0.29, 0.717) is 0 Å². The summed E-state index contributed by atoms with van der Waals surface area (Å²) < 4.78 is 65.4. The van der Waals surface area contributed by atoms with Crippen LogP contribution < -0.4 is 5.32 Å². The molecule has 0 unspecified atom stereocenters. The van der Waals surface area contributed by atoms with Gasteiger partial charge in [0, 0.05) is 0 Å². The zero-order valence-electron chi connectivity index (χ0n) is 8.52.